The zero-order valence-corrected chi connectivity index (χ0v) is 16.2. The molecule has 0 aliphatic carbocycles. The average Bonchev–Trinajstić information content (AvgIpc) is 3.29. The van der Waals surface area contributed by atoms with Crippen LogP contribution in [0.2, 0.25) is 0 Å². The molecule has 2 aromatic carbocycles. The van der Waals surface area contributed by atoms with Gasteiger partial charge in [0.25, 0.3) is 5.91 Å². The standard InChI is InChI=1S/C21H21N7O/c1-3-14-7-5-8-15(4-2)19(14)24-21(29)16-9-6-10-18(11-16)23-13-17(12-22)20-25-27-28-26-20/h5-11,13,23H,3-4H2,1-2H3,(H,24,29)(H,25,26,27,28). The summed E-state index contributed by atoms with van der Waals surface area (Å²) in [4.78, 5) is 12.8. The highest BCUT2D eigenvalue weighted by Gasteiger charge is 2.12. The van der Waals surface area contributed by atoms with Crippen molar-refractivity contribution in [1.82, 2.24) is 20.6 Å². The largest absolute Gasteiger partial charge is 0.360 e. The number of H-pyrrole nitrogens is 1. The number of hydrogen-bond acceptors (Lipinski definition) is 6. The number of hydrogen-bond donors (Lipinski definition) is 3. The van der Waals surface area contributed by atoms with Crippen LogP contribution in [0.5, 0.6) is 0 Å². The van der Waals surface area contributed by atoms with Gasteiger partial charge in [0.05, 0.1) is 0 Å². The minimum absolute atomic E-state index is 0.188. The number of rotatable bonds is 7. The van der Waals surface area contributed by atoms with E-state index in [0.717, 1.165) is 29.7 Å². The van der Waals surface area contributed by atoms with Crippen LogP contribution < -0.4 is 10.6 Å². The Morgan fingerprint density at radius 2 is 1.90 bits per heavy atom. The van der Waals surface area contributed by atoms with E-state index in [2.05, 4.69) is 45.1 Å². The zero-order valence-electron chi connectivity index (χ0n) is 16.2. The third-order valence-corrected chi connectivity index (χ3v) is 4.45. The number of amides is 1. The van der Waals surface area contributed by atoms with Crippen molar-refractivity contribution in [3.8, 4) is 6.07 Å². The van der Waals surface area contributed by atoms with E-state index in [4.69, 9.17) is 0 Å². The summed E-state index contributed by atoms with van der Waals surface area (Å²) in [5.41, 5.74) is 4.48. The lowest BCUT2D eigenvalue weighted by Crippen LogP contribution is -2.15. The van der Waals surface area contributed by atoms with Gasteiger partial charge >= 0.3 is 0 Å². The van der Waals surface area contributed by atoms with Crippen LogP contribution in [0.1, 0.15) is 41.2 Å². The van der Waals surface area contributed by atoms with Gasteiger partial charge in [-0.2, -0.15) is 10.5 Å². The Morgan fingerprint density at radius 1 is 1.17 bits per heavy atom. The fourth-order valence-electron chi connectivity index (χ4n) is 2.92. The van der Waals surface area contributed by atoms with Gasteiger partial charge in [-0.15, -0.1) is 10.2 Å². The average molecular weight is 387 g/mol. The van der Waals surface area contributed by atoms with Crippen LogP contribution in [0.3, 0.4) is 0 Å². The third-order valence-electron chi connectivity index (χ3n) is 4.45. The van der Waals surface area contributed by atoms with Gasteiger partial charge in [0, 0.05) is 23.1 Å². The van der Waals surface area contributed by atoms with Gasteiger partial charge in [-0.1, -0.05) is 38.1 Å². The highest BCUT2D eigenvalue weighted by Crippen LogP contribution is 2.24. The maximum atomic E-state index is 12.8. The van der Waals surface area contributed by atoms with Gasteiger partial charge in [0.2, 0.25) is 5.82 Å². The van der Waals surface area contributed by atoms with Crippen molar-refractivity contribution in [2.45, 2.75) is 26.7 Å². The molecule has 1 aromatic heterocycles. The second-order valence-electron chi connectivity index (χ2n) is 6.24. The van der Waals surface area contributed by atoms with Crippen molar-refractivity contribution < 1.29 is 4.79 Å². The lowest BCUT2D eigenvalue weighted by Gasteiger charge is -2.14. The first-order valence-electron chi connectivity index (χ1n) is 9.29. The molecule has 8 heteroatoms. The number of aromatic nitrogens is 4. The van der Waals surface area contributed by atoms with Crippen molar-refractivity contribution in [2.75, 3.05) is 10.6 Å². The van der Waals surface area contributed by atoms with E-state index in [9.17, 15) is 10.1 Å². The summed E-state index contributed by atoms with van der Waals surface area (Å²) in [6.07, 6.45) is 3.15. The number of tetrazole rings is 1. The smallest absolute Gasteiger partial charge is 0.255 e. The van der Waals surface area contributed by atoms with Gasteiger partial charge in [0.1, 0.15) is 11.6 Å². The Bertz CT molecular complexity index is 1040. The van der Waals surface area contributed by atoms with Crippen molar-refractivity contribution in [1.29, 1.82) is 5.26 Å². The lowest BCUT2D eigenvalue weighted by molar-refractivity contribution is 0.102. The van der Waals surface area contributed by atoms with Crippen molar-refractivity contribution >= 4 is 22.9 Å². The number of benzene rings is 2. The molecule has 0 fully saturated rings. The minimum atomic E-state index is -0.188. The molecule has 1 heterocycles. The molecular weight excluding hydrogens is 366 g/mol. The van der Waals surface area contributed by atoms with Gasteiger partial charge in [-0.25, -0.2) is 0 Å². The quantitative estimate of drug-likeness (QED) is 0.533. The fourth-order valence-corrected chi connectivity index (χ4v) is 2.92. The number of carbonyl (C=O) groups is 1. The van der Waals surface area contributed by atoms with E-state index in [1.807, 2.05) is 24.3 Å². The van der Waals surface area contributed by atoms with Crippen molar-refractivity contribution in [3.05, 3.63) is 71.2 Å². The number of aryl methyl sites for hydroxylation is 2. The molecule has 0 radical (unpaired) electrons. The van der Waals surface area contributed by atoms with Gasteiger partial charge in [-0.05, 0) is 47.4 Å². The number of allylic oxidation sites excluding steroid dienone is 1. The summed E-state index contributed by atoms with van der Waals surface area (Å²) < 4.78 is 0. The van der Waals surface area contributed by atoms with Crippen LogP contribution in [0.25, 0.3) is 5.57 Å². The Balaban J connectivity index is 1.80. The monoisotopic (exact) mass is 387 g/mol. The second-order valence-corrected chi connectivity index (χ2v) is 6.24. The maximum Gasteiger partial charge on any atom is 0.255 e. The molecule has 29 heavy (non-hydrogen) atoms. The van der Waals surface area contributed by atoms with Crippen LogP contribution in [0.15, 0.2) is 48.7 Å². The summed E-state index contributed by atoms with van der Waals surface area (Å²) in [5.74, 6) is 0.00377. The Kier molecular flexibility index (Phi) is 6.32. The maximum absolute atomic E-state index is 12.8. The molecule has 3 rings (SSSR count). The third kappa shape index (κ3) is 4.65. The highest BCUT2D eigenvalue weighted by molar-refractivity contribution is 6.05. The first-order valence-corrected chi connectivity index (χ1v) is 9.29. The molecule has 146 valence electrons. The van der Waals surface area contributed by atoms with Crippen LogP contribution in [-0.4, -0.2) is 26.5 Å². The summed E-state index contributed by atoms with van der Waals surface area (Å²) in [6, 6.07) is 15.1. The first kappa shape index (κ1) is 19.8. The first-order chi connectivity index (χ1) is 14.2. The van der Waals surface area contributed by atoms with Gasteiger partial charge < -0.3 is 10.6 Å². The van der Waals surface area contributed by atoms with Crippen LogP contribution >= 0.6 is 0 Å². The summed E-state index contributed by atoms with van der Waals surface area (Å²) in [7, 11) is 0. The fraction of sp³-hybridized carbons (Fsp3) is 0.190. The summed E-state index contributed by atoms with van der Waals surface area (Å²) in [6.45, 7) is 4.13. The normalized spacial score (nSPS) is 11.0. The minimum Gasteiger partial charge on any atom is -0.360 e. The molecule has 1 amide bonds. The molecule has 0 saturated heterocycles. The number of nitriles is 1. The molecule has 0 aliphatic heterocycles. The predicted octanol–water partition coefficient (Wildman–Crippen LogP) is 3.55. The molecule has 0 aliphatic rings. The number of aromatic amines is 1. The van der Waals surface area contributed by atoms with E-state index < -0.39 is 0 Å². The number of nitrogens with one attached hydrogen (secondary N) is 3. The molecule has 8 nitrogen and oxygen atoms in total. The van der Waals surface area contributed by atoms with E-state index in [1.165, 1.54) is 6.20 Å². The van der Waals surface area contributed by atoms with Crippen LogP contribution in [0, 0.1) is 11.3 Å². The van der Waals surface area contributed by atoms with Gasteiger partial charge in [0.15, 0.2) is 0 Å². The van der Waals surface area contributed by atoms with E-state index in [1.54, 1.807) is 24.3 Å². The number of para-hydroxylation sites is 1. The number of anilines is 2. The zero-order chi connectivity index (χ0) is 20.6. The predicted molar refractivity (Wildman–Crippen MR) is 111 cm³/mol. The highest BCUT2D eigenvalue weighted by atomic mass is 16.1. The molecule has 0 atom stereocenters. The summed E-state index contributed by atoms with van der Waals surface area (Å²) >= 11 is 0. The van der Waals surface area contributed by atoms with Crippen LogP contribution in [0.4, 0.5) is 11.4 Å². The number of nitrogens with zero attached hydrogens (tertiary/aromatic N) is 4. The Hall–Kier alpha value is -3.99. The lowest BCUT2D eigenvalue weighted by atomic mass is 10.0. The molecule has 0 bridgehead atoms. The van der Waals surface area contributed by atoms with E-state index >= 15 is 0 Å². The van der Waals surface area contributed by atoms with Crippen molar-refractivity contribution in [2.24, 2.45) is 0 Å². The molecule has 0 spiro atoms. The van der Waals surface area contributed by atoms with E-state index in [0.29, 0.717) is 11.3 Å². The van der Waals surface area contributed by atoms with E-state index in [-0.39, 0.29) is 17.3 Å². The van der Waals surface area contributed by atoms with Gasteiger partial charge in [-0.3, -0.25) is 4.79 Å². The molecule has 3 aromatic rings. The summed E-state index contributed by atoms with van der Waals surface area (Å²) in [5, 5.41) is 28.6. The molecular formula is C21H21N7O. The topological polar surface area (TPSA) is 119 Å². The molecule has 3 N–H and O–H groups in total. The molecule has 0 unspecified atom stereocenters. The van der Waals surface area contributed by atoms with Crippen LogP contribution in [-0.2, 0) is 12.8 Å². The van der Waals surface area contributed by atoms with Crippen molar-refractivity contribution in [3.63, 3.8) is 0 Å². The molecule has 0 saturated carbocycles. The SMILES string of the molecule is CCc1cccc(CC)c1NC(=O)c1cccc(NC=C(C#N)c2nn[nH]n2)c1. The second kappa shape index (κ2) is 9.28. The Labute approximate surface area is 168 Å². The Morgan fingerprint density at radius 3 is 2.52 bits per heavy atom. The number of carbonyl (C=O) groups excluding carboxylic acids is 1.